The zero-order chi connectivity index (χ0) is 15.3. The molecule has 21 heavy (non-hydrogen) atoms. The first-order valence-corrected chi connectivity index (χ1v) is 8.44. The molecule has 0 radical (unpaired) electrons. The lowest BCUT2D eigenvalue weighted by Crippen LogP contribution is -2.35. The number of rotatable bonds is 5. The van der Waals surface area contributed by atoms with Gasteiger partial charge in [-0.05, 0) is 56.5 Å². The van der Waals surface area contributed by atoms with Crippen LogP contribution in [0.3, 0.4) is 0 Å². The molecule has 2 aromatic carbocycles. The van der Waals surface area contributed by atoms with Crippen molar-refractivity contribution in [1.29, 1.82) is 0 Å². The van der Waals surface area contributed by atoms with Crippen LogP contribution >= 0.6 is 11.8 Å². The van der Waals surface area contributed by atoms with Crippen LogP contribution in [0.1, 0.15) is 37.5 Å². The van der Waals surface area contributed by atoms with Gasteiger partial charge in [-0.25, -0.2) is 0 Å². The van der Waals surface area contributed by atoms with E-state index in [1.807, 2.05) is 11.8 Å². The van der Waals surface area contributed by atoms with E-state index < -0.39 is 0 Å². The molecular weight excluding hydrogens is 274 g/mol. The minimum absolute atomic E-state index is 0.160. The largest absolute Gasteiger partial charge is 0.308 e. The summed E-state index contributed by atoms with van der Waals surface area (Å²) < 4.78 is 0. The van der Waals surface area contributed by atoms with Gasteiger partial charge >= 0.3 is 0 Å². The molecule has 1 N–H and O–H groups in total. The standard InChI is InChI=1S/C19H25NS/c1-15-12-18(21-14-16-8-6-5-7-9-16)11-10-17(15)13-20-19(2,3)4/h5-12,20H,13-14H2,1-4H3. The molecule has 0 atom stereocenters. The van der Waals surface area contributed by atoms with Gasteiger partial charge in [0.2, 0.25) is 0 Å². The SMILES string of the molecule is Cc1cc(SCc2ccccc2)ccc1CNC(C)(C)C. The van der Waals surface area contributed by atoms with Gasteiger partial charge in [-0.1, -0.05) is 36.4 Å². The molecule has 0 heterocycles. The lowest BCUT2D eigenvalue weighted by molar-refractivity contribution is 0.424. The summed E-state index contributed by atoms with van der Waals surface area (Å²) in [5, 5.41) is 3.55. The normalized spacial score (nSPS) is 11.6. The van der Waals surface area contributed by atoms with Crippen molar-refractivity contribution in [3.8, 4) is 0 Å². The first kappa shape index (κ1) is 16.1. The predicted molar refractivity (Wildman–Crippen MR) is 93.8 cm³/mol. The molecule has 0 amide bonds. The monoisotopic (exact) mass is 299 g/mol. The highest BCUT2D eigenvalue weighted by molar-refractivity contribution is 7.98. The van der Waals surface area contributed by atoms with Crippen molar-refractivity contribution in [3.05, 3.63) is 65.2 Å². The number of aryl methyl sites for hydroxylation is 1. The van der Waals surface area contributed by atoms with E-state index in [1.165, 1.54) is 21.6 Å². The number of hydrogen-bond acceptors (Lipinski definition) is 2. The van der Waals surface area contributed by atoms with Gasteiger partial charge in [0.05, 0.1) is 0 Å². The summed E-state index contributed by atoms with van der Waals surface area (Å²) in [6.45, 7) is 9.73. The van der Waals surface area contributed by atoms with Crippen LogP contribution in [-0.2, 0) is 12.3 Å². The molecule has 0 aromatic heterocycles. The number of thioether (sulfide) groups is 1. The van der Waals surface area contributed by atoms with Gasteiger partial charge in [0, 0.05) is 22.7 Å². The highest BCUT2D eigenvalue weighted by atomic mass is 32.2. The van der Waals surface area contributed by atoms with Crippen LogP contribution < -0.4 is 5.32 Å². The molecule has 0 unspecified atom stereocenters. The van der Waals surface area contributed by atoms with E-state index in [2.05, 4.69) is 81.5 Å². The molecule has 112 valence electrons. The van der Waals surface area contributed by atoms with Gasteiger partial charge in [0.25, 0.3) is 0 Å². The Labute approximate surface area is 133 Å². The van der Waals surface area contributed by atoms with Crippen LogP contribution in [0, 0.1) is 6.92 Å². The number of hydrogen-bond donors (Lipinski definition) is 1. The zero-order valence-corrected chi connectivity index (χ0v) is 14.3. The van der Waals surface area contributed by atoms with Crippen molar-refractivity contribution >= 4 is 11.8 Å². The van der Waals surface area contributed by atoms with Gasteiger partial charge in [0.1, 0.15) is 0 Å². The van der Waals surface area contributed by atoms with Gasteiger partial charge < -0.3 is 5.32 Å². The Kier molecular flexibility index (Phi) is 5.49. The average Bonchev–Trinajstić information content (AvgIpc) is 2.44. The summed E-state index contributed by atoms with van der Waals surface area (Å²) in [7, 11) is 0. The molecule has 0 bridgehead atoms. The van der Waals surface area contributed by atoms with Crippen molar-refractivity contribution in [2.24, 2.45) is 0 Å². The minimum atomic E-state index is 0.160. The van der Waals surface area contributed by atoms with Crippen molar-refractivity contribution < 1.29 is 0 Å². The zero-order valence-electron chi connectivity index (χ0n) is 13.4. The molecule has 2 aromatic rings. The fourth-order valence-electron chi connectivity index (χ4n) is 2.06. The van der Waals surface area contributed by atoms with Crippen LogP contribution in [0.2, 0.25) is 0 Å². The smallest absolute Gasteiger partial charge is 0.0231 e. The van der Waals surface area contributed by atoms with E-state index >= 15 is 0 Å². The van der Waals surface area contributed by atoms with Gasteiger partial charge in [-0.3, -0.25) is 0 Å². The van der Waals surface area contributed by atoms with Crippen molar-refractivity contribution in [2.45, 2.75) is 50.4 Å². The van der Waals surface area contributed by atoms with Crippen molar-refractivity contribution in [2.75, 3.05) is 0 Å². The second kappa shape index (κ2) is 7.15. The van der Waals surface area contributed by atoms with E-state index in [0.717, 1.165) is 12.3 Å². The topological polar surface area (TPSA) is 12.0 Å². The quantitative estimate of drug-likeness (QED) is 0.764. The van der Waals surface area contributed by atoms with E-state index in [1.54, 1.807) is 0 Å². The highest BCUT2D eigenvalue weighted by Gasteiger charge is 2.09. The van der Waals surface area contributed by atoms with Gasteiger partial charge in [-0.2, -0.15) is 0 Å². The molecule has 0 fully saturated rings. The third-order valence-corrected chi connectivity index (χ3v) is 4.44. The molecular formula is C19H25NS. The molecule has 0 spiro atoms. The molecule has 0 aliphatic heterocycles. The molecule has 1 nitrogen and oxygen atoms in total. The summed E-state index contributed by atoms with van der Waals surface area (Å²) in [4.78, 5) is 1.34. The third-order valence-electron chi connectivity index (χ3n) is 3.37. The van der Waals surface area contributed by atoms with E-state index in [4.69, 9.17) is 0 Å². The maximum Gasteiger partial charge on any atom is 0.0231 e. The van der Waals surface area contributed by atoms with E-state index in [0.29, 0.717) is 0 Å². The predicted octanol–water partition coefficient (Wildman–Crippen LogP) is 5.18. The van der Waals surface area contributed by atoms with Crippen molar-refractivity contribution in [3.63, 3.8) is 0 Å². The summed E-state index contributed by atoms with van der Waals surface area (Å²) >= 11 is 1.90. The van der Waals surface area contributed by atoms with E-state index in [9.17, 15) is 0 Å². The molecule has 2 rings (SSSR count). The maximum absolute atomic E-state index is 3.55. The molecule has 0 aliphatic carbocycles. The summed E-state index contributed by atoms with van der Waals surface area (Å²) in [5.41, 5.74) is 4.28. The first-order valence-electron chi connectivity index (χ1n) is 7.45. The van der Waals surface area contributed by atoms with Crippen LogP contribution in [0.4, 0.5) is 0 Å². The third kappa shape index (κ3) is 5.56. The fourth-order valence-corrected chi connectivity index (χ4v) is 3.01. The Balaban J connectivity index is 1.95. The summed E-state index contributed by atoms with van der Waals surface area (Å²) in [5.74, 6) is 1.03. The second-order valence-corrected chi connectivity index (χ2v) is 7.51. The molecule has 0 saturated heterocycles. The first-order chi connectivity index (χ1) is 9.94. The maximum atomic E-state index is 3.55. The fraction of sp³-hybridized carbons (Fsp3) is 0.368. The lowest BCUT2D eigenvalue weighted by Gasteiger charge is -2.21. The molecule has 2 heteroatoms. The van der Waals surface area contributed by atoms with Crippen LogP contribution in [0.15, 0.2) is 53.4 Å². The number of nitrogens with one attached hydrogen (secondary N) is 1. The van der Waals surface area contributed by atoms with E-state index in [-0.39, 0.29) is 5.54 Å². The molecule has 0 aliphatic rings. The van der Waals surface area contributed by atoms with Crippen LogP contribution in [-0.4, -0.2) is 5.54 Å². The Hall–Kier alpha value is -1.25. The van der Waals surface area contributed by atoms with Crippen molar-refractivity contribution in [1.82, 2.24) is 5.32 Å². The number of benzene rings is 2. The van der Waals surface area contributed by atoms with Crippen LogP contribution in [0.25, 0.3) is 0 Å². The highest BCUT2D eigenvalue weighted by Crippen LogP contribution is 2.25. The second-order valence-electron chi connectivity index (χ2n) is 6.47. The minimum Gasteiger partial charge on any atom is -0.308 e. The Morgan fingerprint density at radius 2 is 1.71 bits per heavy atom. The Morgan fingerprint density at radius 3 is 2.33 bits per heavy atom. The molecule has 0 saturated carbocycles. The summed E-state index contributed by atoms with van der Waals surface area (Å²) in [6.07, 6.45) is 0. The summed E-state index contributed by atoms with van der Waals surface area (Å²) in [6, 6.07) is 17.4. The van der Waals surface area contributed by atoms with Crippen LogP contribution in [0.5, 0.6) is 0 Å². The van der Waals surface area contributed by atoms with Gasteiger partial charge in [0.15, 0.2) is 0 Å². The Morgan fingerprint density at radius 1 is 1.00 bits per heavy atom. The lowest BCUT2D eigenvalue weighted by atomic mass is 10.1. The average molecular weight is 299 g/mol. The van der Waals surface area contributed by atoms with Gasteiger partial charge in [-0.15, -0.1) is 11.8 Å². The Bertz CT molecular complexity index is 570.